The molecule has 0 radical (unpaired) electrons. The first-order chi connectivity index (χ1) is 13.9. The van der Waals surface area contributed by atoms with Crippen molar-refractivity contribution < 1.29 is 19.2 Å². The van der Waals surface area contributed by atoms with Crippen LogP contribution in [-0.2, 0) is 4.79 Å². The Balaban J connectivity index is 2.14. The molecule has 2 saturated heterocycles. The molecular formula is C20H28N2O5S2. The van der Waals surface area contributed by atoms with Crippen molar-refractivity contribution in [1.29, 1.82) is 0 Å². The average molecular weight is 441 g/mol. The summed E-state index contributed by atoms with van der Waals surface area (Å²) in [6.07, 6.45) is 2.96. The van der Waals surface area contributed by atoms with Crippen molar-refractivity contribution in [3.8, 4) is 11.5 Å². The zero-order chi connectivity index (χ0) is 21.0. The number of nitro groups is 1. The molecule has 7 nitrogen and oxygen atoms in total. The van der Waals surface area contributed by atoms with Crippen LogP contribution in [0.2, 0.25) is 0 Å². The molecule has 0 aliphatic carbocycles. The number of rotatable bonds is 7. The molecule has 1 aromatic carbocycles. The van der Waals surface area contributed by atoms with Gasteiger partial charge in [-0.15, -0.1) is 23.5 Å². The second kappa shape index (κ2) is 9.47. The lowest BCUT2D eigenvalue weighted by molar-refractivity contribution is -0.483. The molecule has 0 saturated carbocycles. The number of nitrogens with zero attached hydrogens (tertiary/aromatic N) is 2. The van der Waals surface area contributed by atoms with Gasteiger partial charge in [-0.1, -0.05) is 0 Å². The van der Waals surface area contributed by atoms with E-state index in [9.17, 15) is 14.9 Å². The van der Waals surface area contributed by atoms with E-state index in [0.717, 1.165) is 49.4 Å². The molecule has 0 bridgehead atoms. The summed E-state index contributed by atoms with van der Waals surface area (Å²) in [5.41, 5.74) is 1.55. The first-order valence-electron chi connectivity index (χ1n) is 9.84. The monoisotopic (exact) mass is 440 g/mol. The standard InChI is InChI=1S/C20H28N2O5S2/c1-14-11-18(27-3)15(12-17(14)26-2)16(13-22(24)25)20(28-9-6-10-29-20)19(23)21-7-4-5-8-21/h11-12,16H,4-10,13H2,1-3H3. The van der Waals surface area contributed by atoms with Crippen molar-refractivity contribution in [2.24, 2.45) is 0 Å². The van der Waals surface area contributed by atoms with Crippen LogP contribution in [0.25, 0.3) is 0 Å². The van der Waals surface area contributed by atoms with Gasteiger partial charge in [-0.25, -0.2) is 0 Å². The number of thioether (sulfide) groups is 2. The summed E-state index contributed by atoms with van der Waals surface area (Å²) in [6, 6.07) is 3.66. The molecule has 2 fully saturated rings. The van der Waals surface area contributed by atoms with E-state index < -0.39 is 10.00 Å². The third-order valence-electron chi connectivity index (χ3n) is 5.53. The Labute approximate surface area is 180 Å². The molecule has 9 heteroatoms. The minimum Gasteiger partial charge on any atom is -0.496 e. The minimum absolute atomic E-state index is 0.0122. The number of benzene rings is 1. The molecule has 0 N–H and O–H groups in total. The maximum atomic E-state index is 13.7. The van der Waals surface area contributed by atoms with Crippen LogP contribution in [0.3, 0.4) is 0 Å². The summed E-state index contributed by atoms with van der Waals surface area (Å²) in [6.45, 7) is 3.02. The number of methoxy groups -OCH3 is 2. The Morgan fingerprint density at radius 1 is 1.17 bits per heavy atom. The van der Waals surface area contributed by atoms with Crippen molar-refractivity contribution in [2.75, 3.05) is 45.4 Å². The number of ether oxygens (including phenoxy) is 2. The predicted molar refractivity (Wildman–Crippen MR) is 117 cm³/mol. The van der Waals surface area contributed by atoms with Crippen LogP contribution in [0.15, 0.2) is 12.1 Å². The SMILES string of the molecule is COc1cc(C(C[N+](=O)[O-])C2(C(=O)N3CCCC3)SCCCS2)c(OC)cc1C. The van der Waals surface area contributed by atoms with Crippen molar-refractivity contribution in [2.45, 2.75) is 36.2 Å². The number of carbonyl (C=O) groups excluding carboxylic acids is 1. The van der Waals surface area contributed by atoms with Crippen LogP contribution < -0.4 is 9.47 Å². The molecule has 29 heavy (non-hydrogen) atoms. The van der Waals surface area contributed by atoms with E-state index in [-0.39, 0.29) is 17.4 Å². The number of aryl methyl sites for hydroxylation is 1. The fourth-order valence-electron chi connectivity index (χ4n) is 4.08. The molecule has 1 aromatic rings. The third-order valence-corrected chi connectivity index (χ3v) is 8.99. The average Bonchev–Trinajstić information content (AvgIpc) is 3.26. The summed E-state index contributed by atoms with van der Waals surface area (Å²) in [5, 5.41) is 11.7. The van der Waals surface area contributed by atoms with Crippen LogP contribution in [0, 0.1) is 17.0 Å². The quantitative estimate of drug-likeness (QED) is 0.474. The molecule has 1 unspecified atom stereocenters. The van der Waals surface area contributed by atoms with Gasteiger partial charge in [0.25, 0.3) is 0 Å². The van der Waals surface area contributed by atoms with Gasteiger partial charge < -0.3 is 14.4 Å². The van der Waals surface area contributed by atoms with Crippen LogP contribution in [0.1, 0.15) is 36.3 Å². The van der Waals surface area contributed by atoms with Gasteiger partial charge in [0.1, 0.15) is 11.5 Å². The van der Waals surface area contributed by atoms with Gasteiger partial charge in [-0.05, 0) is 55.4 Å². The minimum atomic E-state index is -0.927. The largest absolute Gasteiger partial charge is 0.496 e. The number of amides is 1. The van der Waals surface area contributed by atoms with E-state index in [1.54, 1.807) is 37.7 Å². The van der Waals surface area contributed by atoms with Crippen LogP contribution in [0.4, 0.5) is 0 Å². The first kappa shape index (κ1) is 22.1. The molecule has 2 aliphatic rings. The maximum absolute atomic E-state index is 13.7. The van der Waals surface area contributed by atoms with Crippen LogP contribution >= 0.6 is 23.5 Å². The van der Waals surface area contributed by atoms with E-state index in [0.29, 0.717) is 17.1 Å². The zero-order valence-electron chi connectivity index (χ0n) is 17.1. The highest BCUT2D eigenvalue weighted by Crippen LogP contribution is 2.54. The Kier molecular flexibility index (Phi) is 7.21. The molecule has 1 amide bonds. The number of hydrogen-bond donors (Lipinski definition) is 0. The molecule has 0 aromatic heterocycles. The lowest BCUT2D eigenvalue weighted by Crippen LogP contribution is -2.50. The van der Waals surface area contributed by atoms with E-state index >= 15 is 0 Å². The first-order valence-corrected chi connectivity index (χ1v) is 11.8. The zero-order valence-corrected chi connectivity index (χ0v) is 18.8. The molecule has 0 spiro atoms. The lowest BCUT2D eigenvalue weighted by Gasteiger charge is -2.42. The van der Waals surface area contributed by atoms with E-state index in [1.807, 2.05) is 24.0 Å². The van der Waals surface area contributed by atoms with E-state index in [4.69, 9.17) is 9.47 Å². The van der Waals surface area contributed by atoms with E-state index in [2.05, 4.69) is 0 Å². The second-order valence-electron chi connectivity index (χ2n) is 7.35. The van der Waals surface area contributed by atoms with Gasteiger partial charge in [0, 0.05) is 23.6 Å². The van der Waals surface area contributed by atoms with Gasteiger partial charge in [-0.3, -0.25) is 14.9 Å². The topological polar surface area (TPSA) is 81.9 Å². The summed E-state index contributed by atoms with van der Waals surface area (Å²) in [5.74, 6) is 2.22. The fraction of sp³-hybridized carbons (Fsp3) is 0.650. The third kappa shape index (κ3) is 4.45. The van der Waals surface area contributed by atoms with Crippen molar-refractivity contribution in [1.82, 2.24) is 4.90 Å². The number of likely N-dealkylation sites (tertiary alicyclic amines) is 1. The lowest BCUT2D eigenvalue weighted by atomic mass is 9.91. The Hall–Kier alpha value is -1.61. The van der Waals surface area contributed by atoms with Gasteiger partial charge in [0.05, 0.1) is 20.1 Å². The maximum Gasteiger partial charge on any atom is 0.249 e. The smallest absolute Gasteiger partial charge is 0.249 e. The van der Waals surface area contributed by atoms with Gasteiger partial charge in [0.2, 0.25) is 12.5 Å². The number of hydrogen-bond acceptors (Lipinski definition) is 7. The Morgan fingerprint density at radius 2 is 1.79 bits per heavy atom. The van der Waals surface area contributed by atoms with Crippen molar-refractivity contribution in [3.05, 3.63) is 33.4 Å². The molecule has 2 aliphatic heterocycles. The number of carbonyl (C=O) groups is 1. The van der Waals surface area contributed by atoms with E-state index in [1.165, 1.54) is 0 Å². The van der Waals surface area contributed by atoms with Crippen LogP contribution in [-0.4, -0.2) is 65.2 Å². The second-order valence-corrected chi connectivity index (χ2v) is 10.3. The molecular weight excluding hydrogens is 412 g/mol. The van der Waals surface area contributed by atoms with Crippen LogP contribution in [0.5, 0.6) is 11.5 Å². The van der Waals surface area contributed by atoms with Gasteiger partial charge in [0.15, 0.2) is 4.08 Å². The summed E-state index contributed by atoms with van der Waals surface area (Å²) < 4.78 is 10.2. The summed E-state index contributed by atoms with van der Waals surface area (Å²) in [4.78, 5) is 27.0. The van der Waals surface area contributed by atoms with Gasteiger partial charge >= 0.3 is 0 Å². The highest BCUT2D eigenvalue weighted by molar-refractivity contribution is 8.20. The summed E-state index contributed by atoms with van der Waals surface area (Å²) >= 11 is 3.12. The molecule has 3 rings (SSSR count). The highest BCUT2D eigenvalue weighted by Gasteiger charge is 2.53. The predicted octanol–water partition coefficient (Wildman–Crippen LogP) is 3.56. The molecule has 1 atom stereocenters. The molecule has 160 valence electrons. The van der Waals surface area contributed by atoms with Crippen molar-refractivity contribution in [3.63, 3.8) is 0 Å². The molecule has 2 heterocycles. The Bertz CT molecular complexity index is 761. The Morgan fingerprint density at radius 3 is 2.34 bits per heavy atom. The van der Waals surface area contributed by atoms with Gasteiger partial charge in [-0.2, -0.15) is 0 Å². The normalized spacial score (nSPS) is 19.6. The fourth-order valence-corrected chi connectivity index (χ4v) is 7.59. The highest BCUT2D eigenvalue weighted by atomic mass is 32.2. The van der Waals surface area contributed by atoms with Crippen molar-refractivity contribution >= 4 is 29.4 Å². The summed E-state index contributed by atoms with van der Waals surface area (Å²) in [7, 11) is 3.14.